The molecular weight excluding hydrogens is 166 g/mol. The quantitative estimate of drug-likeness (QED) is 0.379. The molecule has 11 heavy (non-hydrogen) atoms. The van der Waals surface area contributed by atoms with E-state index in [1.54, 1.807) is 11.8 Å². The average molecular weight is 179 g/mol. The lowest BCUT2D eigenvalue weighted by atomic mass is 10.2. The highest BCUT2D eigenvalue weighted by Gasteiger charge is 2.19. The number of thioether (sulfide) groups is 1. The Labute approximate surface area is 69.7 Å². The normalized spacial score (nSPS) is 13.5. The monoisotopic (exact) mass is 179 g/mol. The van der Waals surface area contributed by atoms with Gasteiger partial charge in [0.1, 0.15) is 6.04 Å². The van der Waals surface area contributed by atoms with Gasteiger partial charge in [0.15, 0.2) is 0 Å². The molecule has 0 aromatic carbocycles. The highest BCUT2D eigenvalue weighted by Crippen LogP contribution is 2.02. The van der Waals surface area contributed by atoms with Crippen LogP contribution < -0.4 is 11.7 Å². The van der Waals surface area contributed by atoms with E-state index in [1.165, 1.54) is 0 Å². The van der Waals surface area contributed by atoms with Crippen molar-refractivity contribution >= 4 is 17.7 Å². The molecule has 0 saturated heterocycles. The Kier molecular flexibility index (Phi) is 5.22. The largest absolute Gasteiger partial charge is 0.480 e. The number of carboxylic acids is 1. The van der Waals surface area contributed by atoms with Crippen LogP contribution in [0.15, 0.2) is 0 Å². The van der Waals surface area contributed by atoms with Gasteiger partial charge in [-0.15, -0.1) is 0 Å². The third-order valence-corrected chi connectivity index (χ3v) is 1.88. The molecule has 0 rings (SSSR count). The van der Waals surface area contributed by atoms with Gasteiger partial charge in [0.2, 0.25) is 0 Å². The maximum atomic E-state index is 10.4. The Hall–Kier alpha value is -0.300. The Morgan fingerprint density at radius 2 is 2.27 bits per heavy atom. The Balaban J connectivity index is 3.80. The third-order valence-electron chi connectivity index (χ3n) is 1.24. The zero-order valence-corrected chi connectivity index (χ0v) is 7.17. The Morgan fingerprint density at radius 3 is 2.55 bits per heavy atom. The van der Waals surface area contributed by atoms with Crippen LogP contribution in [0.25, 0.3) is 0 Å². The molecule has 0 aliphatic carbocycles. The smallest absolute Gasteiger partial charge is 0.323 e. The van der Waals surface area contributed by atoms with Crippen molar-refractivity contribution in [1.82, 2.24) is 5.12 Å². The van der Waals surface area contributed by atoms with E-state index in [9.17, 15) is 4.79 Å². The average Bonchev–Trinajstić information content (AvgIpc) is 1.87. The summed E-state index contributed by atoms with van der Waals surface area (Å²) in [7, 11) is 0. The lowest BCUT2D eigenvalue weighted by Crippen LogP contribution is -2.50. The molecule has 0 spiro atoms. The molecule has 1 atom stereocenters. The number of rotatable bonds is 5. The standard InChI is InChI=1S/C5H13N3O2S/c1-11-3-2-4(5(9)10)8(6)7/h4H,2-3,6-7H2,1H3,(H,9,10). The lowest BCUT2D eigenvalue weighted by Gasteiger charge is -2.17. The predicted molar refractivity (Wildman–Crippen MR) is 44.6 cm³/mol. The molecule has 0 radical (unpaired) electrons. The van der Waals surface area contributed by atoms with E-state index in [1.807, 2.05) is 6.26 Å². The van der Waals surface area contributed by atoms with E-state index in [0.717, 1.165) is 10.9 Å². The number of nitrogens with zero attached hydrogens (tertiary/aromatic N) is 1. The number of carboxylic acid groups (broad SMARTS) is 1. The zero-order valence-electron chi connectivity index (χ0n) is 6.36. The van der Waals surface area contributed by atoms with E-state index in [0.29, 0.717) is 6.42 Å². The van der Waals surface area contributed by atoms with Crippen LogP contribution in [-0.2, 0) is 4.79 Å². The molecule has 6 heteroatoms. The fraction of sp³-hybridized carbons (Fsp3) is 0.800. The van der Waals surface area contributed by atoms with Gasteiger partial charge in [-0.3, -0.25) is 16.5 Å². The highest BCUT2D eigenvalue weighted by molar-refractivity contribution is 7.98. The van der Waals surface area contributed by atoms with Crippen molar-refractivity contribution in [3.63, 3.8) is 0 Å². The number of hydrogen-bond donors (Lipinski definition) is 3. The zero-order chi connectivity index (χ0) is 8.85. The highest BCUT2D eigenvalue weighted by atomic mass is 32.2. The maximum absolute atomic E-state index is 10.4. The second kappa shape index (κ2) is 5.36. The first-order chi connectivity index (χ1) is 5.09. The van der Waals surface area contributed by atoms with Crippen LogP contribution in [0.4, 0.5) is 0 Å². The first kappa shape index (κ1) is 10.7. The Bertz CT molecular complexity index is 131. The molecule has 0 aromatic rings. The van der Waals surface area contributed by atoms with Crippen molar-refractivity contribution < 1.29 is 9.90 Å². The van der Waals surface area contributed by atoms with Crippen molar-refractivity contribution in [1.29, 1.82) is 0 Å². The minimum atomic E-state index is -0.982. The van der Waals surface area contributed by atoms with Crippen molar-refractivity contribution in [2.45, 2.75) is 12.5 Å². The van der Waals surface area contributed by atoms with Crippen LogP contribution in [0.5, 0.6) is 0 Å². The maximum Gasteiger partial charge on any atom is 0.323 e. The van der Waals surface area contributed by atoms with Gasteiger partial charge >= 0.3 is 5.97 Å². The Morgan fingerprint density at radius 1 is 1.73 bits per heavy atom. The molecule has 0 aliphatic rings. The summed E-state index contributed by atoms with van der Waals surface area (Å²) in [4.78, 5) is 10.4. The van der Waals surface area contributed by atoms with E-state index in [2.05, 4.69) is 0 Å². The minimum Gasteiger partial charge on any atom is -0.480 e. The number of hydrogen-bond acceptors (Lipinski definition) is 5. The molecule has 5 N–H and O–H groups in total. The van der Waals surface area contributed by atoms with Crippen LogP contribution in [-0.4, -0.2) is 34.2 Å². The van der Waals surface area contributed by atoms with Gasteiger partial charge in [-0.05, 0) is 18.4 Å². The number of hydrazine groups is 2. The first-order valence-electron chi connectivity index (χ1n) is 3.10. The number of carbonyl (C=O) groups is 1. The molecule has 0 saturated carbocycles. The molecule has 0 heterocycles. The molecule has 0 bridgehead atoms. The molecule has 0 aromatic heterocycles. The van der Waals surface area contributed by atoms with E-state index in [4.69, 9.17) is 16.8 Å². The summed E-state index contributed by atoms with van der Waals surface area (Å²) in [6.07, 6.45) is 2.36. The van der Waals surface area contributed by atoms with Crippen molar-refractivity contribution in [2.24, 2.45) is 11.7 Å². The first-order valence-corrected chi connectivity index (χ1v) is 4.49. The SMILES string of the molecule is CSCCC(C(=O)O)N(N)N. The molecule has 66 valence electrons. The summed E-state index contributed by atoms with van der Waals surface area (Å²) < 4.78 is 0. The number of aliphatic carboxylic acids is 1. The molecule has 1 unspecified atom stereocenters. The molecule has 0 amide bonds. The van der Waals surface area contributed by atoms with Gasteiger partial charge in [-0.2, -0.15) is 16.9 Å². The number of nitrogens with two attached hydrogens (primary N) is 2. The summed E-state index contributed by atoms with van der Waals surface area (Å²) in [5.74, 6) is 9.95. The van der Waals surface area contributed by atoms with Gasteiger partial charge in [0.25, 0.3) is 0 Å². The predicted octanol–water partition coefficient (Wildman–Crippen LogP) is -0.758. The topological polar surface area (TPSA) is 92.6 Å². The van der Waals surface area contributed by atoms with Crippen LogP contribution in [0.1, 0.15) is 6.42 Å². The molecule has 0 aliphatic heterocycles. The van der Waals surface area contributed by atoms with Gasteiger partial charge < -0.3 is 5.11 Å². The third kappa shape index (κ3) is 4.20. The van der Waals surface area contributed by atoms with Crippen molar-refractivity contribution in [3.05, 3.63) is 0 Å². The summed E-state index contributed by atoms with van der Waals surface area (Å²) in [5, 5.41) is 9.29. The lowest BCUT2D eigenvalue weighted by molar-refractivity contribution is -0.143. The minimum absolute atomic E-state index is 0.462. The van der Waals surface area contributed by atoms with Crippen LogP contribution >= 0.6 is 11.8 Å². The van der Waals surface area contributed by atoms with Gasteiger partial charge in [0.05, 0.1) is 0 Å². The van der Waals surface area contributed by atoms with Gasteiger partial charge in [-0.1, -0.05) is 0 Å². The van der Waals surface area contributed by atoms with Gasteiger partial charge in [-0.25, -0.2) is 0 Å². The molecule has 5 nitrogen and oxygen atoms in total. The summed E-state index contributed by atoms with van der Waals surface area (Å²) in [6.45, 7) is 0. The van der Waals surface area contributed by atoms with E-state index in [-0.39, 0.29) is 0 Å². The van der Waals surface area contributed by atoms with Crippen LogP contribution in [0, 0.1) is 0 Å². The van der Waals surface area contributed by atoms with Crippen molar-refractivity contribution in [3.8, 4) is 0 Å². The van der Waals surface area contributed by atoms with Crippen LogP contribution in [0.2, 0.25) is 0 Å². The van der Waals surface area contributed by atoms with E-state index < -0.39 is 12.0 Å². The molecule has 0 fully saturated rings. The summed E-state index contributed by atoms with van der Waals surface area (Å²) in [6, 6.07) is -0.776. The second-order valence-corrected chi connectivity index (χ2v) is 3.07. The fourth-order valence-electron chi connectivity index (χ4n) is 0.630. The fourth-order valence-corrected chi connectivity index (χ4v) is 1.09. The molecular formula is C5H13N3O2S. The van der Waals surface area contributed by atoms with Gasteiger partial charge in [0, 0.05) is 0 Å². The van der Waals surface area contributed by atoms with E-state index >= 15 is 0 Å². The van der Waals surface area contributed by atoms with Crippen LogP contribution in [0.3, 0.4) is 0 Å². The summed E-state index contributed by atoms with van der Waals surface area (Å²) >= 11 is 1.56. The van der Waals surface area contributed by atoms with Crippen molar-refractivity contribution in [2.75, 3.05) is 12.0 Å². The second-order valence-electron chi connectivity index (χ2n) is 2.08. The summed E-state index contributed by atoms with van der Waals surface area (Å²) in [5.41, 5.74) is 0.